The lowest BCUT2D eigenvalue weighted by Gasteiger charge is -2.23. The molecule has 0 radical (unpaired) electrons. The zero-order valence-electron chi connectivity index (χ0n) is 16.0. The van der Waals surface area contributed by atoms with E-state index in [1.54, 1.807) is 0 Å². The van der Waals surface area contributed by atoms with Crippen LogP contribution in [0, 0.1) is 5.92 Å². The number of amides is 1. The molecular weight excluding hydrogens is 386 g/mol. The molecule has 0 saturated carbocycles. The minimum Gasteiger partial charge on any atom is -0.493 e. The second-order valence-electron chi connectivity index (χ2n) is 7.50. The molecule has 5 rings (SSSR count). The Morgan fingerprint density at radius 1 is 0.966 bits per heavy atom. The summed E-state index contributed by atoms with van der Waals surface area (Å²) in [5.41, 5.74) is 5.35. The summed E-state index contributed by atoms with van der Waals surface area (Å²) in [5, 5.41) is 9.73. The van der Waals surface area contributed by atoms with Crippen LogP contribution in [-0.4, -0.2) is 25.6 Å². The number of benzene rings is 2. The van der Waals surface area contributed by atoms with Crippen molar-refractivity contribution in [2.24, 2.45) is 5.92 Å². The van der Waals surface area contributed by atoms with Crippen molar-refractivity contribution in [2.45, 2.75) is 12.8 Å². The molecule has 3 aliphatic rings. The van der Waals surface area contributed by atoms with E-state index in [1.165, 1.54) is 12.8 Å². The van der Waals surface area contributed by atoms with Gasteiger partial charge in [0.15, 0.2) is 0 Å². The van der Waals surface area contributed by atoms with E-state index in [0.29, 0.717) is 11.5 Å². The van der Waals surface area contributed by atoms with Crippen molar-refractivity contribution < 1.29 is 9.53 Å². The molecule has 1 fully saturated rings. The Balaban J connectivity index is 0.00000205. The number of anilines is 2. The molecule has 2 aromatic carbocycles. The number of nitrogens with one attached hydrogen (secondary N) is 3. The normalized spacial score (nSPS) is 20.2. The highest BCUT2D eigenvalue weighted by Gasteiger charge is 2.27. The van der Waals surface area contributed by atoms with Gasteiger partial charge in [-0.2, -0.15) is 0 Å². The van der Waals surface area contributed by atoms with Gasteiger partial charge in [-0.3, -0.25) is 4.79 Å². The largest absolute Gasteiger partial charge is 0.493 e. The summed E-state index contributed by atoms with van der Waals surface area (Å²) >= 11 is 0. The number of hydrogen-bond acceptors (Lipinski definition) is 4. The van der Waals surface area contributed by atoms with E-state index >= 15 is 0 Å². The quantitative estimate of drug-likeness (QED) is 0.662. The number of ether oxygens (including phenoxy) is 1. The minimum absolute atomic E-state index is 0. The van der Waals surface area contributed by atoms with E-state index < -0.39 is 0 Å². The Kier molecular flexibility index (Phi) is 5.60. The zero-order chi connectivity index (χ0) is 18.9. The second kappa shape index (κ2) is 8.31. The predicted molar refractivity (Wildman–Crippen MR) is 119 cm³/mol. The number of hydrogen-bond donors (Lipinski definition) is 3. The van der Waals surface area contributed by atoms with Crippen molar-refractivity contribution in [2.75, 3.05) is 30.3 Å². The Bertz CT molecular complexity index is 993. The van der Waals surface area contributed by atoms with Crippen LogP contribution in [-0.2, 0) is 4.79 Å². The lowest BCUT2D eigenvalue weighted by molar-refractivity contribution is -0.110. The molecule has 0 bridgehead atoms. The first kappa shape index (κ1) is 19.6. The van der Waals surface area contributed by atoms with Crippen molar-refractivity contribution in [1.82, 2.24) is 5.32 Å². The van der Waals surface area contributed by atoms with Gasteiger partial charge < -0.3 is 20.7 Å². The van der Waals surface area contributed by atoms with E-state index in [-0.39, 0.29) is 18.3 Å². The van der Waals surface area contributed by atoms with Gasteiger partial charge in [0.25, 0.3) is 5.91 Å². The number of rotatable bonds is 3. The van der Waals surface area contributed by atoms with Gasteiger partial charge in [0.1, 0.15) is 5.75 Å². The molecule has 3 aliphatic heterocycles. The van der Waals surface area contributed by atoms with Crippen molar-refractivity contribution in [3.05, 3.63) is 65.4 Å². The molecule has 1 amide bonds. The van der Waals surface area contributed by atoms with Crippen LogP contribution in [0.3, 0.4) is 0 Å². The van der Waals surface area contributed by atoms with Gasteiger partial charge in [0.05, 0.1) is 17.9 Å². The predicted octanol–water partition coefficient (Wildman–Crippen LogP) is 4.29. The number of allylic oxidation sites excluding steroid dienone is 1. The number of carbonyl (C=O) groups excluding carboxylic acids is 1. The smallest absolute Gasteiger partial charge is 0.258 e. The molecule has 1 saturated heterocycles. The van der Waals surface area contributed by atoms with Gasteiger partial charge >= 0.3 is 0 Å². The lowest BCUT2D eigenvalue weighted by atomic mass is 9.99. The number of piperidine rings is 1. The molecule has 3 N–H and O–H groups in total. The summed E-state index contributed by atoms with van der Waals surface area (Å²) in [4.78, 5) is 12.5. The van der Waals surface area contributed by atoms with Gasteiger partial charge in [-0.15, -0.1) is 12.4 Å². The lowest BCUT2D eigenvalue weighted by Crippen LogP contribution is -2.30. The van der Waals surface area contributed by atoms with Crippen LogP contribution < -0.4 is 20.7 Å². The average molecular weight is 410 g/mol. The van der Waals surface area contributed by atoms with Crippen molar-refractivity contribution in [3.63, 3.8) is 0 Å². The molecular formula is C23H24ClN3O2. The molecule has 6 heteroatoms. The first-order chi connectivity index (χ1) is 13.8. The van der Waals surface area contributed by atoms with Crippen molar-refractivity contribution in [1.29, 1.82) is 0 Å². The molecule has 150 valence electrons. The highest BCUT2D eigenvalue weighted by Crippen LogP contribution is 2.37. The zero-order valence-corrected chi connectivity index (χ0v) is 16.9. The molecule has 3 heterocycles. The fourth-order valence-corrected chi connectivity index (χ4v) is 4.04. The summed E-state index contributed by atoms with van der Waals surface area (Å²) in [7, 11) is 0. The van der Waals surface area contributed by atoms with Crippen LogP contribution >= 0.6 is 12.4 Å². The topological polar surface area (TPSA) is 62.4 Å². The van der Waals surface area contributed by atoms with Crippen LogP contribution in [0.1, 0.15) is 24.0 Å². The Morgan fingerprint density at radius 2 is 1.79 bits per heavy atom. The third-order valence-corrected chi connectivity index (χ3v) is 5.61. The van der Waals surface area contributed by atoms with E-state index in [4.69, 9.17) is 4.74 Å². The van der Waals surface area contributed by atoms with Crippen molar-refractivity contribution in [3.8, 4) is 5.75 Å². The third kappa shape index (κ3) is 3.88. The highest BCUT2D eigenvalue weighted by atomic mass is 35.5. The molecule has 2 aromatic rings. The van der Waals surface area contributed by atoms with Gasteiger partial charge in [0.2, 0.25) is 0 Å². The molecule has 0 spiro atoms. The van der Waals surface area contributed by atoms with Crippen LogP contribution in [0.5, 0.6) is 5.75 Å². The third-order valence-electron chi connectivity index (χ3n) is 5.61. The van der Waals surface area contributed by atoms with Crippen LogP contribution in [0.2, 0.25) is 0 Å². The highest BCUT2D eigenvalue weighted by molar-refractivity contribution is 6.33. The number of fused-ring (bicyclic) bond motifs is 2. The van der Waals surface area contributed by atoms with Crippen LogP contribution in [0.25, 0.3) is 11.6 Å². The molecule has 29 heavy (non-hydrogen) atoms. The van der Waals surface area contributed by atoms with Gasteiger partial charge in [-0.05, 0) is 62.2 Å². The maximum Gasteiger partial charge on any atom is 0.258 e. The van der Waals surface area contributed by atoms with E-state index in [9.17, 15) is 4.79 Å². The maximum atomic E-state index is 12.5. The monoisotopic (exact) mass is 409 g/mol. The summed E-state index contributed by atoms with van der Waals surface area (Å²) in [6.45, 7) is 2.93. The standard InChI is InChI=1S/C23H23N3O2.ClH/c27-23-22(18-3-1-2-4-20(18)26-23)21-7-5-16-13-17(6-8-19(16)25-21)28-14-15-9-11-24-12-10-15;/h1-8,13,15,24-25H,9-12,14H2,(H,26,27);1H/b22-21-;. The van der Waals surface area contributed by atoms with Crippen LogP contribution in [0.15, 0.2) is 54.2 Å². The fourth-order valence-electron chi connectivity index (χ4n) is 4.04. The first-order valence-electron chi connectivity index (χ1n) is 9.85. The molecule has 0 atom stereocenters. The van der Waals surface area contributed by atoms with Crippen molar-refractivity contribution >= 4 is 41.3 Å². The number of carbonyl (C=O) groups is 1. The molecule has 0 unspecified atom stereocenters. The summed E-state index contributed by atoms with van der Waals surface area (Å²) in [6.07, 6.45) is 6.36. The Hall–Kier alpha value is -2.76. The van der Waals surface area contributed by atoms with E-state index in [2.05, 4.69) is 22.0 Å². The van der Waals surface area contributed by atoms with Gasteiger partial charge in [-0.25, -0.2) is 0 Å². The Labute approximate surface area is 176 Å². The van der Waals surface area contributed by atoms with E-state index in [0.717, 1.165) is 53.6 Å². The second-order valence-corrected chi connectivity index (χ2v) is 7.50. The summed E-state index contributed by atoms with van der Waals surface area (Å²) in [6, 6.07) is 13.9. The molecule has 5 nitrogen and oxygen atoms in total. The average Bonchev–Trinajstić information content (AvgIpc) is 3.08. The van der Waals surface area contributed by atoms with Gasteiger partial charge in [-0.1, -0.05) is 24.3 Å². The summed E-state index contributed by atoms with van der Waals surface area (Å²) in [5.74, 6) is 1.45. The number of para-hydroxylation sites is 1. The number of halogens is 1. The Morgan fingerprint density at radius 3 is 2.66 bits per heavy atom. The SMILES string of the molecule is Cl.O=C1Nc2ccccc2/C1=C1\C=Cc2cc(OCC3CCNCC3)ccc2N1. The van der Waals surface area contributed by atoms with Crippen LogP contribution in [0.4, 0.5) is 11.4 Å². The molecule has 0 aromatic heterocycles. The van der Waals surface area contributed by atoms with E-state index in [1.807, 2.05) is 48.6 Å². The summed E-state index contributed by atoms with van der Waals surface area (Å²) < 4.78 is 6.04. The molecule has 0 aliphatic carbocycles. The maximum absolute atomic E-state index is 12.5. The van der Waals surface area contributed by atoms with Gasteiger partial charge in [0, 0.05) is 22.5 Å². The first-order valence-corrected chi connectivity index (χ1v) is 9.85. The fraction of sp³-hybridized carbons (Fsp3) is 0.261. The minimum atomic E-state index is -0.0706.